The monoisotopic (exact) mass is 290 g/mol. The summed E-state index contributed by atoms with van der Waals surface area (Å²) in [4.78, 5) is 33.8. The summed E-state index contributed by atoms with van der Waals surface area (Å²) >= 11 is 0. The van der Waals surface area contributed by atoms with Crippen LogP contribution in [-0.4, -0.2) is 24.1 Å². The van der Waals surface area contributed by atoms with Crippen LogP contribution < -0.4 is 0 Å². The normalized spacial score (nSPS) is 22.6. The molecule has 1 rings (SSSR count). The molecule has 0 spiro atoms. The SMILES string of the molecule is CC(=O)OC1CC(C)(C)C(/C=C/C(C)=C/C=O)=C(C)C1=O. The van der Waals surface area contributed by atoms with Crippen LogP contribution in [-0.2, 0) is 19.1 Å². The van der Waals surface area contributed by atoms with Gasteiger partial charge in [-0.05, 0) is 42.1 Å². The van der Waals surface area contributed by atoms with Crippen LogP contribution in [0.25, 0.3) is 0 Å². The summed E-state index contributed by atoms with van der Waals surface area (Å²) in [7, 11) is 0. The van der Waals surface area contributed by atoms with Crippen LogP contribution in [0.2, 0.25) is 0 Å². The number of hydrogen-bond donors (Lipinski definition) is 0. The van der Waals surface area contributed by atoms with Crippen molar-refractivity contribution in [2.75, 3.05) is 0 Å². The van der Waals surface area contributed by atoms with E-state index < -0.39 is 12.1 Å². The first-order valence-electron chi connectivity index (χ1n) is 6.92. The number of rotatable bonds is 4. The lowest BCUT2D eigenvalue weighted by Gasteiger charge is -2.36. The van der Waals surface area contributed by atoms with Gasteiger partial charge < -0.3 is 4.74 Å². The quantitative estimate of drug-likeness (QED) is 0.346. The van der Waals surface area contributed by atoms with Crippen LogP contribution in [0, 0.1) is 5.41 Å². The van der Waals surface area contributed by atoms with Crippen molar-refractivity contribution in [3.63, 3.8) is 0 Å². The van der Waals surface area contributed by atoms with Crippen LogP contribution in [0.15, 0.2) is 34.9 Å². The summed E-state index contributed by atoms with van der Waals surface area (Å²) in [5.41, 5.74) is 2.05. The summed E-state index contributed by atoms with van der Waals surface area (Å²) in [6.07, 6.45) is 5.63. The zero-order chi connectivity index (χ0) is 16.2. The van der Waals surface area contributed by atoms with E-state index in [9.17, 15) is 14.4 Å². The number of Topliss-reactive ketones (excluding diaryl/α,β-unsaturated/α-hetero) is 1. The average molecular weight is 290 g/mol. The van der Waals surface area contributed by atoms with Gasteiger partial charge in [0, 0.05) is 13.3 Å². The predicted molar refractivity (Wildman–Crippen MR) is 80.6 cm³/mol. The number of carbonyl (C=O) groups excluding carboxylic acids is 3. The van der Waals surface area contributed by atoms with Crippen LogP contribution in [0.4, 0.5) is 0 Å². The predicted octanol–water partition coefficient (Wildman–Crippen LogP) is 2.94. The fraction of sp³-hybridized carbons (Fsp3) is 0.471. The average Bonchev–Trinajstić information content (AvgIpc) is 2.34. The number of allylic oxidation sites excluding steroid dienone is 5. The minimum atomic E-state index is -0.707. The molecule has 0 heterocycles. The van der Waals surface area contributed by atoms with E-state index in [1.807, 2.05) is 32.9 Å². The van der Waals surface area contributed by atoms with E-state index in [1.165, 1.54) is 13.0 Å². The number of carbonyl (C=O) groups is 3. The van der Waals surface area contributed by atoms with Gasteiger partial charge in [-0.1, -0.05) is 26.0 Å². The number of aldehydes is 1. The van der Waals surface area contributed by atoms with Crippen molar-refractivity contribution in [2.45, 2.75) is 47.1 Å². The minimum Gasteiger partial charge on any atom is -0.454 e. The lowest BCUT2D eigenvalue weighted by molar-refractivity contribution is -0.153. The third-order valence-electron chi connectivity index (χ3n) is 3.64. The molecule has 0 bridgehead atoms. The van der Waals surface area contributed by atoms with Gasteiger partial charge in [0.1, 0.15) is 6.29 Å². The highest BCUT2D eigenvalue weighted by atomic mass is 16.5. The first-order chi connectivity index (χ1) is 9.69. The van der Waals surface area contributed by atoms with E-state index >= 15 is 0 Å². The highest BCUT2D eigenvalue weighted by molar-refractivity contribution is 6.01. The highest BCUT2D eigenvalue weighted by Gasteiger charge is 2.39. The molecular formula is C17H22O4. The first kappa shape index (κ1) is 17.1. The maximum Gasteiger partial charge on any atom is 0.303 e. The Labute approximate surface area is 125 Å². The van der Waals surface area contributed by atoms with Gasteiger partial charge in [-0.3, -0.25) is 14.4 Å². The van der Waals surface area contributed by atoms with Crippen LogP contribution >= 0.6 is 0 Å². The van der Waals surface area contributed by atoms with Crippen molar-refractivity contribution < 1.29 is 19.1 Å². The molecule has 1 aliphatic carbocycles. The fourth-order valence-corrected chi connectivity index (χ4v) is 2.57. The summed E-state index contributed by atoms with van der Waals surface area (Å²) in [6, 6.07) is 0. The molecule has 0 aromatic carbocycles. The lowest BCUT2D eigenvalue weighted by atomic mass is 9.71. The Morgan fingerprint density at radius 2 is 1.95 bits per heavy atom. The molecule has 0 saturated heterocycles. The van der Waals surface area contributed by atoms with Gasteiger partial charge >= 0.3 is 5.97 Å². The minimum absolute atomic E-state index is 0.152. The molecule has 0 radical (unpaired) electrons. The zero-order valence-electron chi connectivity index (χ0n) is 13.2. The molecular weight excluding hydrogens is 268 g/mol. The Kier molecular flexibility index (Phi) is 5.41. The van der Waals surface area contributed by atoms with Crippen LogP contribution in [0.1, 0.15) is 41.0 Å². The van der Waals surface area contributed by atoms with Gasteiger partial charge in [0.15, 0.2) is 11.9 Å². The zero-order valence-corrected chi connectivity index (χ0v) is 13.2. The molecule has 1 atom stereocenters. The van der Waals surface area contributed by atoms with Crippen molar-refractivity contribution in [3.05, 3.63) is 34.9 Å². The second kappa shape index (κ2) is 6.66. The maximum absolute atomic E-state index is 12.3. The van der Waals surface area contributed by atoms with Crippen molar-refractivity contribution in [3.8, 4) is 0 Å². The molecule has 0 aliphatic heterocycles. The maximum atomic E-state index is 12.3. The molecule has 114 valence electrons. The van der Waals surface area contributed by atoms with Gasteiger partial charge in [-0.2, -0.15) is 0 Å². The van der Waals surface area contributed by atoms with E-state index in [-0.39, 0.29) is 11.2 Å². The van der Waals surface area contributed by atoms with E-state index in [1.54, 1.807) is 6.92 Å². The topological polar surface area (TPSA) is 60.4 Å². The van der Waals surface area contributed by atoms with Crippen molar-refractivity contribution in [2.24, 2.45) is 5.41 Å². The van der Waals surface area contributed by atoms with Crippen LogP contribution in [0.3, 0.4) is 0 Å². The second-order valence-corrected chi connectivity index (χ2v) is 5.97. The second-order valence-electron chi connectivity index (χ2n) is 5.97. The largest absolute Gasteiger partial charge is 0.454 e. The van der Waals surface area contributed by atoms with Crippen molar-refractivity contribution >= 4 is 18.0 Å². The van der Waals surface area contributed by atoms with Crippen LogP contribution in [0.5, 0.6) is 0 Å². The van der Waals surface area contributed by atoms with Crippen molar-refractivity contribution in [1.82, 2.24) is 0 Å². The molecule has 0 aromatic rings. The highest BCUT2D eigenvalue weighted by Crippen LogP contribution is 2.40. The molecule has 0 saturated carbocycles. The third kappa shape index (κ3) is 4.25. The first-order valence-corrected chi connectivity index (χ1v) is 6.92. The van der Waals surface area contributed by atoms with E-state index in [2.05, 4.69) is 0 Å². The molecule has 1 unspecified atom stereocenters. The Morgan fingerprint density at radius 3 is 2.48 bits per heavy atom. The lowest BCUT2D eigenvalue weighted by Crippen LogP contribution is -2.38. The van der Waals surface area contributed by atoms with Gasteiger partial charge in [0.25, 0.3) is 0 Å². The summed E-state index contributed by atoms with van der Waals surface area (Å²) in [5.74, 6) is -0.595. The van der Waals surface area contributed by atoms with E-state index in [4.69, 9.17) is 4.74 Å². The van der Waals surface area contributed by atoms with Gasteiger partial charge in [-0.15, -0.1) is 0 Å². The Bertz CT molecular complexity index is 547. The van der Waals surface area contributed by atoms with Gasteiger partial charge in [0.2, 0.25) is 0 Å². The molecule has 4 nitrogen and oxygen atoms in total. The molecule has 0 N–H and O–H groups in total. The number of hydrogen-bond acceptors (Lipinski definition) is 4. The molecule has 4 heteroatoms. The van der Waals surface area contributed by atoms with E-state index in [0.29, 0.717) is 12.0 Å². The number of ether oxygens (including phenoxy) is 1. The summed E-state index contributed by atoms with van der Waals surface area (Å²) in [5, 5.41) is 0. The molecule has 0 fully saturated rings. The Hall–Kier alpha value is -1.97. The standard InChI is InChI=1S/C17H22O4/c1-11(8-9-18)6-7-14-12(2)16(20)15(21-13(3)19)10-17(14,4)5/h6-9,15H,10H2,1-5H3/b7-6+,11-8+. The summed E-state index contributed by atoms with van der Waals surface area (Å²) < 4.78 is 5.12. The van der Waals surface area contributed by atoms with Crippen molar-refractivity contribution in [1.29, 1.82) is 0 Å². The number of esters is 1. The Morgan fingerprint density at radius 1 is 1.33 bits per heavy atom. The smallest absolute Gasteiger partial charge is 0.303 e. The number of ketones is 1. The Balaban J connectivity index is 3.15. The molecule has 0 amide bonds. The summed E-state index contributed by atoms with van der Waals surface area (Å²) in [6.45, 7) is 8.90. The third-order valence-corrected chi connectivity index (χ3v) is 3.64. The van der Waals surface area contributed by atoms with Gasteiger partial charge in [-0.25, -0.2) is 0 Å². The molecule has 1 aliphatic rings. The van der Waals surface area contributed by atoms with Gasteiger partial charge in [0.05, 0.1) is 0 Å². The van der Waals surface area contributed by atoms with E-state index in [0.717, 1.165) is 17.4 Å². The fourth-order valence-electron chi connectivity index (χ4n) is 2.57. The molecule has 21 heavy (non-hydrogen) atoms. The molecule has 0 aromatic heterocycles.